The van der Waals surface area contributed by atoms with Crippen molar-refractivity contribution in [1.82, 2.24) is 9.63 Å². The van der Waals surface area contributed by atoms with Gasteiger partial charge in [0.2, 0.25) is 0 Å². The predicted octanol–water partition coefficient (Wildman–Crippen LogP) is -0.226. The Hall–Kier alpha value is -1.36. The van der Waals surface area contributed by atoms with Gasteiger partial charge in [0.05, 0.1) is 14.2 Å². The number of amides is 1. The third-order valence-corrected chi connectivity index (χ3v) is 1.53. The Labute approximate surface area is 70.7 Å². The molecule has 5 nitrogen and oxygen atoms in total. The molecule has 0 unspecified atom stereocenters. The number of hydroxylamine groups is 2. The van der Waals surface area contributed by atoms with Crippen LogP contribution in [0.5, 0.6) is 0 Å². The zero-order chi connectivity index (χ0) is 9.14. The molecule has 0 radical (unpaired) electrons. The molecule has 5 heteroatoms. The average Bonchev–Trinajstić information content (AvgIpc) is 2.49. The van der Waals surface area contributed by atoms with Crippen LogP contribution in [0.3, 0.4) is 0 Å². The molecule has 1 aromatic heterocycles. The van der Waals surface area contributed by atoms with Crippen molar-refractivity contribution >= 4 is 6.03 Å². The summed E-state index contributed by atoms with van der Waals surface area (Å²) in [4.78, 5) is 16.1. The number of hydrogen-bond acceptors (Lipinski definition) is 2. The maximum Gasteiger partial charge on any atom is 0.439 e. The number of carbonyl (C=O) groups excluding carboxylic acids is 1. The molecule has 0 aliphatic rings. The van der Waals surface area contributed by atoms with E-state index in [9.17, 15) is 4.79 Å². The van der Waals surface area contributed by atoms with Crippen molar-refractivity contribution in [3.05, 3.63) is 18.7 Å². The number of carbonyl (C=O) groups is 1. The molecule has 0 aliphatic carbocycles. The number of nitrogens with zero attached hydrogens (tertiary/aromatic N) is 3. The van der Waals surface area contributed by atoms with Crippen molar-refractivity contribution in [3.8, 4) is 0 Å². The van der Waals surface area contributed by atoms with Gasteiger partial charge in [0.25, 0.3) is 6.33 Å². The molecule has 1 amide bonds. The van der Waals surface area contributed by atoms with Gasteiger partial charge in [-0.1, -0.05) is 0 Å². The van der Waals surface area contributed by atoms with Gasteiger partial charge in [0.1, 0.15) is 12.4 Å². The molecule has 0 saturated heterocycles. The second kappa shape index (κ2) is 3.36. The van der Waals surface area contributed by atoms with E-state index in [1.807, 2.05) is 7.05 Å². The van der Waals surface area contributed by atoms with E-state index in [-0.39, 0.29) is 6.03 Å². The normalized spacial score (nSPS) is 9.92. The van der Waals surface area contributed by atoms with Crippen LogP contribution in [0.1, 0.15) is 0 Å². The van der Waals surface area contributed by atoms with Crippen molar-refractivity contribution in [3.63, 3.8) is 0 Å². The van der Waals surface area contributed by atoms with Gasteiger partial charge in [-0.3, -0.25) is 4.84 Å². The Balaban J connectivity index is 2.78. The van der Waals surface area contributed by atoms with E-state index >= 15 is 0 Å². The van der Waals surface area contributed by atoms with E-state index in [1.54, 1.807) is 30.3 Å². The highest BCUT2D eigenvalue weighted by Crippen LogP contribution is 1.91. The fourth-order valence-corrected chi connectivity index (χ4v) is 0.804. The fourth-order valence-electron chi connectivity index (χ4n) is 0.804. The maximum atomic E-state index is 11.3. The van der Waals surface area contributed by atoms with Gasteiger partial charge < -0.3 is 0 Å². The minimum atomic E-state index is -0.224. The van der Waals surface area contributed by atoms with Gasteiger partial charge in [0, 0.05) is 7.05 Å². The molecule has 0 aliphatic heterocycles. The zero-order valence-electron chi connectivity index (χ0n) is 7.39. The Morgan fingerprint density at radius 3 is 2.75 bits per heavy atom. The molecule has 1 aromatic rings. The Morgan fingerprint density at radius 2 is 2.33 bits per heavy atom. The second-order valence-corrected chi connectivity index (χ2v) is 2.45. The summed E-state index contributed by atoms with van der Waals surface area (Å²) in [6.07, 6.45) is 5.11. The van der Waals surface area contributed by atoms with Crippen molar-refractivity contribution < 1.29 is 14.2 Å². The second-order valence-electron chi connectivity index (χ2n) is 2.45. The largest absolute Gasteiger partial charge is 0.439 e. The highest BCUT2D eigenvalue weighted by atomic mass is 16.7. The summed E-state index contributed by atoms with van der Waals surface area (Å²) >= 11 is 0. The molecule has 12 heavy (non-hydrogen) atoms. The first-order valence-electron chi connectivity index (χ1n) is 3.50. The molecule has 0 saturated carbocycles. The van der Waals surface area contributed by atoms with E-state index in [2.05, 4.69) is 0 Å². The quantitative estimate of drug-likeness (QED) is 0.431. The molecule has 0 aromatic carbocycles. The molecule has 0 fully saturated rings. The average molecular weight is 170 g/mol. The van der Waals surface area contributed by atoms with Crippen molar-refractivity contribution in [2.45, 2.75) is 0 Å². The smallest absolute Gasteiger partial charge is 0.271 e. The first-order valence-corrected chi connectivity index (χ1v) is 3.50. The molecule has 0 spiro atoms. The highest BCUT2D eigenvalue weighted by Gasteiger charge is 2.16. The summed E-state index contributed by atoms with van der Waals surface area (Å²) in [7, 11) is 4.85. The zero-order valence-corrected chi connectivity index (χ0v) is 7.39. The van der Waals surface area contributed by atoms with Crippen molar-refractivity contribution in [2.24, 2.45) is 7.05 Å². The topological polar surface area (TPSA) is 38.4 Å². The van der Waals surface area contributed by atoms with Gasteiger partial charge in [0.15, 0.2) is 0 Å². The lowest BCUT2D eigenvalue weighted by atomic mass is 10.8. The predicted molar refractivity (Wildman–Crippen MR) is 41.2 cm³/mol. The van der Waals surface area contributed by atoms with Crippen molar-refractivity contribution in [2.75, 3.05) is 14.2 Å². The summed E-state index contributed by atoms with van der Waals surface area (Å²) in [6, 6.07) is -0.224. The van der Waals surface area contributed by atoms with Crippen LogP contribution in [0.15, 0.2) is 18.7 Å². The van der Waals surface area contributed by atoms with Gasteiger partial charge in [-0.15, -0.1) is 0 Å². The van der Waals surface area contributed by atoms with Gasteiger partial charge in [-0.05, 0) is 0 Å². The minimum absolute atomic E-state index is 0.224. The number of aromatic nitrogens is 2. The van der Waals surface area contributed by atoms with Crippen LogP contribution in [0, 0.1) is 0 Å². The summed E-state index contributed by atoms with van der Waals surface area (Å²) in [5.41, 5.74) is 0. The first-order chi connectivity index (χ1) is 5.65. The first kappa shape index (κ1) is 8.73. The highest BCUT2D eigenvalue weighted by molar-refractivity contribution is 5.74. The molecule has 0 N–H and O–H groups in total. The number of aryl methyl sites for hydroxylation is 1. The van der Waals surface area contributed by atoms with Gasteiger partial charge >= 0.3 is 6.03 Å². The molecule has 1 heterocycles. The number of hydrogen-bond donors (Lipinski definition) is 0. The molecule has 0 bridgehead atoms. The van der Waals surface area contributed by atoms with Crippen LogP contribution in [0.25, 0.3) is 0 Å². The molecular formula is C7H12N3O2+. The lowest BCUT2D eigenvalue weighted by Crippen LogP contribution is -2.31. The van der Waals surface area contributed by atoms with E-state index in [4.69, 9.17) is 4.84 Å². The van der Waals surface area contributed by atoms with E-state index in [0.717, 1.165) is 5.06 Å². The third kappa shape index (κ3) is 1.62. The summed E-state index contributed by atoms with van der Waals surface area (Å²) < 4.78 is 3.21. The lowest BCUT2D eigenvalue weighted by Gasteiger charge is -2.08. The molecular weight excluding hydrogens is 158 g/mol. The fraction of sp³-hybridized carbons (Fsp3) is 0.429. The van der Waals surface area contributed by atoms with E-state index < -0.39 is 0 Å². The summed E-state index contributed by atoms with van der Waals surface area (Å²) in [5.74, 6) is 0. The Morgan fingerprint density at radius 1 is 1.67 bits per heavy atom. The van der Waals surface area contributed by atoms with Crippen LogP contribution in [-0.2, 0) is 11.9 Å². The third-order valence-electron chi connectivity index (χ3n) is 1.53. The SMILES string of the molecule is CON(C)C(=O)n1cc[n+](C)c1. The van der Waals surface area contributed by atoms with Crippen LogP contribution < -0.4 is 4.57 Å². The molecule has 1 rings (SSSR count). The van der Waals surface area contributed by atoms with Crippen LogP contribution in [0.2, 0.25) is 0 Å². The minimum Gasteiger partial charge on any atom is -0.271 e. The number of imidazole rings is 1. The summed E-state index contributed by atoms with van der Waals surface area (Å²) in [6.45, 7) is 0. The summed E-state index contributed by atoms with van der Waals surface area (Å²) in [5, 5.41) is 1.15. The lowest BCUT2D eigenvalue weighted by molar-refractivity contribution is -0.670. The standard InChI is InChI=1S/C7H12N3O2/c1-8-4-5-10(6-8)7(11)9(2)12-3/h4-6H,1-3H3/q+1. The van der Waals surface area contributed by atoms with Gasteiger partial charge in [-0.25, -0.2) is 9.36 Å². The Bertz CT molecular complexity index is 282. The van der Waals surface area contributed by atoms with E-state index in [1.165, 1.54) is 11.7 Å². The monoisotopic (exact) mass is 170 g/mol. The Kier molecular flexibility index (Phi) is 2.44. The molecule has 0 atom stereocenters. The number of rotatable bonds is 1. The van der Waals surface area contributed by atoms with Crippen LogP contribution in [0.4, 0.5) is 4.79 Å². The molecule has 66 valence electrons. The maximum absolute atomic E-state index is 11.3. The van der Waals surface area contributed by atoms with Crippen LogP contribution >= 0.6 is 0 Å². The van der Waals surface area contributed by atoms with E-state index in [0.29, 0.717) is 0 Å². The van der Waals surface area contributed by atoms with Crippen molar-refractivity contribution in [1.29, 1.82) is 0 Å². The van der Waals surface area contributed by atoms with Crippen LogP contribution in [-0.4, -0.2) is 29.8 Å². The van der Waals surface area contributed by atoms with Gasteiger partial charge in [-0.2, -0.15) is 9.63 Å².